The normalized spacial score (nSPS) is 10.1. The highest BCUT2D eigenvalue weighted by atomic mass is 16.5. The van der Waals surface area contributed by atoms with E-state index < -0.39 is 6.10 Å². The number of hydrogen-bond acceptors (Lipinski definition) is 4. The Bertz CT molecular complexity index is 750. The van der Waals surface area contributed by atoms with Gasteiger partial charge in [-0.15, -0.1) is 6.58 Å². The van der Waals surface area contributed by atoms with Gasteiger partial charge in [-0.05, 0) is 37.0 Å². The Labute approximate surface area is 168 Å². The lowest BCUT2D eigenvalue weighted by Gasteiger charge is -2.10. The van der Waals surface area contributed by atoms with Gasteiger partial charge in [-0.25, -0.2) is 0 Å². The van der Waals surface area contributed by atoms with Crippen LogP contribution in [0.4, 0.5) is 0 Å². The van der Waals surface area contributed by atoms with Crippen LogP contribution in [0.25, 0.3) is 0 Å². The molecule has 2 rings (SSSR count). The summed E-state index contributed by atoms with van der Waals surface area (Å²) in [7, 11) is 0. The first-order chi connectivity index (χ1) is 13.4. The highest BCUT2D eigenvalue weighted by Gasteiger charge is 2.06. The van der Waals surface area contributed by atoms with Crippen molar-refractivity contribution < 1.29 is 19.4 Å². The average molecular weight is 383 g/mol. The Morgan fingerprint density at radius 3 is 2.00 bits per heavy atom. The monoisotopic (exact) mass is 382 g/mol. The highest BCUT2D eigenvalue weighted by molar-refractivity contribution is 5.76. The van der Waals surface area contributed by atoms with Crippen LogP contribution < -0.4 is 0 Å². The predicted octanol–water partition coefficient (Wildman–Crippen LogP) is 5.15. The second-order valence-electron chi connectivity index (χ2n) is 5.96. The molecule has 0 radical (unpaired) electrons. The third-order valence-corrected chi connectivity index (χ3v) is 3.66. The molecule has 1 atom stereocenters. The van der Waals surface area contributed by atoms with Crippen molar-refractivity contribution in [3.63, 3.8) is 0 Å². The number of benzene rings is 2. The van der Waals surface area contributed by atoms with E-state index in [0.29, 0.717) is 13.0 Å². The lowest BCUT2D eigenvalue weighted by Crippen LogP contribution is -1.97. The minimum absolute atomic E-state index is 0.264. The van der Waals surface area contributed by atoms with E-state index in [1.165, 1.54) is 13.0 Å². The molecule has 1 N–H and O–H groups in total. The van der Waals surface area contributed by atoms with Crippen molar-refractivity contribution >= 4 is 12.3 Å². The van der Waals surface area contributed by atoms with Gasteiger partial charge in [0.15, 0.2) is 0 Å². The molecule has 0 aliphatic carbocycles. The summed E-state index contributed by atoms with van der Waals surface area (Å²) in [4.78, 5) is 20.2. The van der Waals surface area contributed by atoms with Gasteiger partial charge in [-0.3, -0.25) is 9.59 Å². The van der Waals surface area contributed by atoms with Crippen LogP contribution in [0.1, 0.15) is 46.5 Å². The number of aliphatic hydroxyl groups is 1. The van der Waals surface area contributed by atoms with E-state index in [-0.39, 0.29) is 5.97 Å². The van der Waals surface area contributed by atoms with E-state index in [1.807, 2.05) is 62.4 Å². The van der Waals surface area contributed by atoms with E-state index >= 15 is 0 Å². The second-order valence-corrected chi connectivity index (χ2v) is 5.96. The number of carbonyl (C=O) groups is 2. The summed E-state index contributed by atoms with van der Waals surface area (Å²) in [5.74, 6) is -0.264. The van der Waals surface area contributed by atoms with E-state index in [4.69, 9.17) is 0 Å². The summed E-state index contributed by atoms with van der Waals surface area (Å²) in [6.07, 6.45) is 4.35. The van der Waals surface area contributed by atoms with Crippen LogP contribution in [0.5, 0.6) is 0 Å². The number of hydrogen-bond donors (Lipinski definition) is 1. The minimum Gasteiger partial charge on any atom is -0.462 e. The van der Waals surface area contributed by atoms with Crippen molar-refractivity contribution in [2.24, 2.45) is 0 Å². The quantitative estimate of drug-likeness (QED) is 0.426. The number of ether oxygens (including phenoxy) is 1. The lowest BCUT2D eigenvalue weighted by molar-refractivity contribution is -0.139. The fourth-order valence-corrected chi connectivity index (χ4v) is 2.14. The zero-order chi connectivity index (χ0) is 21.4. The molecule has 28 heavy (non-hydrogen) atoms. The SMILES string of the molecule is C=CCC(O)c1ccccc1C.C=CCOC(C)=O.Cc1ccccc1C=O. The second kappa shape index (κ2) is 15.1. The number of carbonyl (C=O) groups excluding carboxylic acids is 2. The van der Waals surface area contributed by atoms with Gasteiger partial charge in [-0.1, -0.05) is 67.3 Å². The highest BCUT2D eigenvalue weighted by Crippen LogP contribution is 2.19. The molecule has 0 saturated carbocycles. The first-order valence-electron chi connectivity index (χ1n) is 8.96. The Hall–Kier alpha value is -2.98. The summed E-state index contributed by atoms with van der Waals surface area (Å²) < 4.78 is 4.43. The molecule has 0 fully saturated rings. The summed E-state index contributed by atoms with van der Waals surface area (Å²) in [6, 6.07) is 15.4. The molecule has 0 aliphatic heterocycles. The molecule has 1 unspecified atom stereocenters. The van der Waals surface area contributed by atoms with Crippen LogP contribution in [0, 0.1) is 13.8 Å². The third-order valence-electron chi connectivity index (χ3n) is 3.66. The number of aryl methyl sites for hydroxylation is 2. The fraction of sp³-hybridized carbons (Fsp3) is 0.250. The van der Waals surface area contributed by atoms with Gasteiger partial charge in [0.2, 0.25) is 0 Å². The maximum atomic E-state index is 10.2. The Morgan fingerprint density at radius 2 is 1.61 bits per heavy atom. The van der Waals surface area contributed by atoms with Crippen molar-refractivity contribution in [3.05, 3.63) is 96.1 Å². The Morgan fingerprint density at radius 1 is 1.04 bits per heavy atom. The summed E-state index contributed by atoms with van der Waals surface area (Å²) in [5.41, 5.74) is 3.94. The number of aldehydes is 1. The summed E-state index contributed by atoms with van der Waals surface area (Å²) in [6.45, 7) is 12.6. The van der Waals surface area contributed by atoms with E-state index in [9.17, 15) is 14.7 Å². The maximum absolute atomic E-state index is 10.2. The van der Waals surface area contributed by atoms with Crippen LogP contribution >= 0.6 is 0 Å². The zero-order valence-electron chi connectivity index (χ0n) is 16.9. The van der Waals surface area contributed by atoms with E-state index in [1.54, 1.807) is 6.08 Å². The zero-order valence-corrected chi connectivity index (χ0v) is 16.9. The van der Waals surface area contributed by atoms with E-state index in [0.717, 1.165) is 28.5 Å². The minimum atomic E-state index is -0.399. The van der Waals surface area contributed by atoms with Gasteiger partial charge in [0, 0.05) is 12.5 Å². The molecule has 0 aromatic heterocycles. The largest absolute Gasteiger partial charge is 0.462 e. The molecule has 0 spiro atoms. The molecule has 0 aliphatic rings. The van der Waals surface area contributed by atoms with Crippen molar-refractivity contribution in [1.29, 1.82) is 0 Å². The predicted molar refractivity (Wildman–Crippen MR) is 114 cm³/mol. The first kappa shape index (κ1) is 25.0. The molecule has 150 valence electrons. The molecular weight excluding hydrogens is 352 g/mol. The molecule has 4 heteroatoms. The van der Waals surface area contributed by atoms with Crippen molar-refractivity contribution in [2.45, 2.75) is 33.3 Å². The van der Waals surface area contributed by atoms with Gasteiger partial charge in [0.25, 0.3) is 0 Å². The fourth-order valence-electron chi connectivity index (χ4n) is 2.14. The number of rotatable bonds is 6. The maximum Gasteiger partial charge on any atom is 0.302 e. The molecule has 0 heterocycles. The van der Waals surface area contributed by atoms with Crippen LogP contribution in [0.2, 0.25) is 0 Å². The van der Waals surface area contributed by atoms with Gasteiger partial charge in [0.1, 0.15) is 12.9 Å². The van der Waals surface area contributed by atoms with Gasteiger partial charge in [-0.2, -0.15) is 0 Å². The van der Waals surface area contributed by atoms with Crippen LogP contribution in [-0.4, -0.2) is 24.0 Å². The number of aliphatic hydroxyl groups excluding tert-OH is 1. The van der Waals surface area contributed by atoms with Crippen LogP contribution in [-0.2, 0) is 9.53 Å². The summed E-state index contributed by atoms with van der Waals surface area (Å²) >= 11 is 0. The molecule has 0 saturated heterocycles. The topological polar surface area (TPSA) is 63.6 Å². The van der Waals surface area contributed by atoms with Crippen molar-refractivity contribution in [1.82, 2.24) is 0 Å². The third kappa shape index (κ3) is 10.9. The number of esters is 1. The van der Waals surface area contributed by atoms with Crippen molar-refractivity contribution in [3.8, 4) is 0 Å². The van der Waals surface area contributed by atoms with Gasteiger partial charge < -0.3 is 9.84 Å². The first-order valence-corrected chi connectivity index (χ1v) is 8.96. The van der Waals surface area contributed by atoms with Gasteiger partial charge >= 0.3 is 5.97 Å². The molecule has 2 aromatic carbocycles. The smallest absolute Gasteiger partial charge is 0.302 e. The Kier molecular flexibility index (Phi) is 13.5. The van der Waals surface area contributed by atoms with Crippen LogP contribution in [0.3, 0.4) is 0 Å². The molecule has 2 aromatic rings. The van der Waals surface area contributed by atoms with Gasteiger partial charge in [0.05, 0.1) is 6.10 Å². The molecular formula is C24H30O4. The molecule has 4 nitrogen and oxygen atoms in total. The lowest BCUT2D eigenvalue weighted by atomic mass is 10.0. The molecule has 0 bridgehead atoms. The summed E-state index contributed by atoms with van der Waals surface area (Å²) in [5, 5.41) is 9.63. The standard InChI is InChI=1S/C11H14O.C8H8O.C5H8O2/c1-3-6-11(12)10-8-5-4-7-9(10)2;1-7-4-2-3-5-8(7)6-9;1-3-4-7-5(2)6/h3-5,7-8,11-12H,1,6H2,2H3;2-6H,1H3;3H,1,4H2,2H3. The van der Waals surface area contributed by atoms with E-state index in [2.05, 4.69) is 17.9 Å². The molecule has 0 amide bonds. The van der Waals surface area contributed by atoms with Crippen molar-refractivity contribution in [2.75, 3.05) is 6.61 Å². The Balaban J connectivity index is 0.000000408. The van der Waals surface area contributed by atoms with Crippen LogP contribution in [0.15, 0.2) is 73.8 Å². The average Bonchev–Trinajstić information content (AvgIpc) is 2.68.